The van der Waals surface area contributed by atoms with Crippen molar-refractivity contribution in [3.8, 4) is 0 Å². The van der Waals surface area contributed by atoms with E-state index >= 15 is 0 Å². The molecule has 0 aliphatic rings. The lowest BCUT2D eigenvalue weighted by Gasteiger charge is -2.00. The lowest BCUT2D eigenvalue weighted by Crippen LogP contribution is -1.91. The van der Waals surface area contributed by atoms with Crippen LogP contribution in [0.4, 0.5) is 0 Å². The van der Waals surface area contributed by atoms with Gasteiger partial charge in [0.15, 0.2) is 0 Å². The molecule has 0 bridgehead atoms. The number of allylic oxidation sites excluding steroid dienone is 3. The average Bonchev–Trinajstić information content (AvgIpc) is 1.89. The molecule has 0 N–H and O–H groups in total. The topological polar surface area (TPSA) is 17.1 Å². The zero-order chi connectivity index (χ0) is 7.82. The van der Waals surface area contributed by atoms with Crippen molar-refractivity contribution in [1.29, 1.82) is 0 Å². The minimum Gasteiger partial charge on any atom is -0.303 e. The maximum Gasteiger partial charge on any atom is 0.120 e. The van der Waals surface area contributed by atoms with E-state index in [0.29, 0.717) is 12.3 Å². The van der Waals surface area contributed by atoms with E-state index in [9.17, 15) is 4.79 Å². The molecule has 1 heteroatoms. The molecule has 0 aromatic rings. The van der Waals surface area contributed by atoms with Crippen LogP contribution in [0.3, 0.4) is 0 Å². The van der Waals surface area contributed by atoms with Crippen molar-refractivity contribution >= 4 is 6.29 Å². The van der Waals surface area contributed by atoms with Gasteiger partial charge in [-0.25, -0.2) is 0 Å². The molecule has 0 aromatic carbocycles. The second-order valence-electron chi connectivity index (χ2n) is 2.41. The molecule has 1 atom stereocenters. The fourth-order valence-corrected chi connectivity index (χ4v) is 0.668. The largest absolute Gasteiger partial charge is 0.303 e. The van der Waals surface area contributed by atoms with Crippen molar-refractivity contribution in [2.45, 2.75) is 19.8 Å². The van der Waals surface area contributed by atoms with Gasteiger partial charge in [-0.05, 0) is 12.3 Å². The van der Waals surface area contributed by atoms with E-state index in [0.717, 1.165) is 12.7 Å². The van der Waals surface area contributed by atoms with Gasteiger partial charge in [0.1, 0.15) is 6.29 Å². The maximum atomic E-state index is 10.0. The zero-order valence-corrected chi connectivity index (χ0v) is 6.42. The summed E-state index contributed by atoms with van der Waals surface area (Å²) in [7, 11) is 0. The summed E-state index contributed by atoms with van der Waals surface area (Å²) in [5.74, 6) is 0.466. The first-order valence-electron chi connectivity index (χ1n) is 3.52. The van der Waals surface area contributed by atoms with Gasteiger partial charge in [0.05, 0.1) is 0 Å². The third-order valence-corrected chi connectivity index (χ3v) is 1.31. The molecule has 0 radical (unpaired) electrons. The Morgan fingerprint density at radius 2 is 2.20 bits per heavy atom. The molecule has 0 heterocycles. The van der Waals surface area contributed by atoms with Crippen molar-refractivity contribution in [2.75, 3.05) is 0 Å². The predicted octanol–water partition coefficient (Wildman–Crippen LogP) is 2.34. The third-order valence-electron chi connectivity index (χ3n) is 1.31. The van der Waals surface area contributed by atoms with E-state index in [2.05, 4.69) is 13.5 Å². The molecule has 0 saturated heterocycles. The molecule has 0 saturated carbocycles. The summed E-state index contributed by atoms with van der Waals surface area (Å²) in [4.78, 5) is 10.0. The molecule has 0 spiro atoms. The van der Waals surface area contributed by atoms with Crippen molar-refractivity contribution in [2.24, 2.45) is 5.92 Å². The molecule has 0 amide bonds. The van der Waals surface area contributed by atoms with Crippen molar-refractivity contribution < 1.29 is 4.79 Å². The Morgan fingerprint density at radius 1 is 1.50 bits per heavy atom. The van der Waals surface area contributed by atoms with Crippen molar-refractivity contribution in [3.05, 3.63) is 24.8 Å². The molecule has 10 heavy (non-hydrogen) atoms. The second kappa shape index (κ2) is 6.27. The molecule has 56 valence electrons. The minimum atomic E-state index is 0.466. The second-order valence-corrected chi connectivity index (χ2v) is 2.41. The van der Waals surface area contributed by atoms with Gasteiger partial charge in [0.2, 0.25) is 0 Å². The molecule has 0 aromatic heterocycles. The van der Waals surface area contributed by atoms with Crippen LogP contribution in [0.25, 0.3) is 0 Å². The maximum absolute atomic E-state index is 10.0. The quantitative estimate of drug-likeness (QED) is 0.421. The first kappa shape index (κ1) is 9.15. The number of rotatable bonds is 5. The van der Waals surface area contributed by atoms with E-state index in [1.54, 1.807) is 6.08 Å². The van der Waals surface area contributed by atoms with Gasteiger partial charge in [-0.1, -0.05) is 31.7 Å². The van der Waals surface area contributed by atoms with Crippen LogP contribution in [0.2, 0.25) is 0 Å². The van der Waals surface area contributed by atoms with Crippen molar-refractivity contribution in [1.82, 2.24) is 0 Å². The Labute approximate surface area is 62.4 Å². The van der Waals surface area contributed by atoms with Gasteiger partial charge >= 0.3 is 0 Å². The monoisotopic (exact) mass is 138 g/mol. The molecular formula is C9H14O. The molecule has 0 unspecified atom stereocenters. The van der Waals surface area contributed by atoms with Crippen LogP contribution in [0.15, 0.2) is 24.8 Å². The summed E-state index contributed by atoms with van der Waals surface area (Å²) in [6.07, 6.45) is 8.26. The van der Waals surface area contributed by atoms with E-state index < -0.39 is 0 Å². The number of hydrogen-bond acceptors (Lipinski definition) is 1. The highest BCUT2D eigenvalue weighted by Gasteiger charge is 1.95. The fraction of sp³-hybridized carbons (Fsp3) is 0.444. The SMILES string of the molecule is C=C/C=C/C[C@@H](C)CC=O. The first-order valence-corrected chi connectivity index (χ1v) is 3.52. The summed E-state index contributed by atoms with van der Waals surface area (Å²) in [6.45, 7) is 5.60. The highest BCUT2D eigenvalue weighted by molar-refractivity contribution is 5.49. The molecule has 0 rings (SSSR count). The number of aldehydes is 1. The Kier molecular flexibility index (Phi) is 5.74. The summed E-state index contributed by atoms with van der Waals surface area (Å²) in [5, 5.41) is 0. The van der Waals surface area contributed by atoms with E-state index in [4.69, 9.17) is 0 Å². The smallest absolute Gasteiger partial charge is 0.120 e. The van der Waals surface area contributed by atoms with E-state index in [1.165, 1.54) is 0 Å². The Balaban J connectivity index is 3.37. The molecular weight excluding hydrogens is 124 g/mol. The van der Waals surface area contributed by atoms with Gasteiger partial charge in [0.25, 0.3) is 0 Å². The predicted molar refractivity (Wildman–Crippen MR) is 43.8 cm³/mol. The Morgan fingerprint density at radius 3 is 2.70 bits per heavy atom. The summed E-state index contributed by atoms with van der Waals surface area (Å²) < 4.78 is 0. The van der Waals surface area contributed by atoms with Crippen LogP contribution >= 0.6 is 0 Å². The van der Waals surface area contributed by atoms with Crippen LogP contribution in [-0.4, -0.2) is 6.29 Å². The average molecular weight is 138 g/mol. The number of hydrogen-bond donors (Lipinski definition) is 0. The van der Waals surface area contributed by atoms with Gasteiger partial charge in [0, 0.05) is 6.42 Å². The van der Waals surface area contributed by atoms with Gasteiger partial charge in [-0.3, -0.25) is 0 Å². The highest BCUT2D eigenvalue weighted by atomic mass is 16.1. The summed E-state index contributed by atoms with van der Waals surface area (Å²) in [5.41, 5.74) is 0. The van der Waals surface area contributed by atoms with Crippen LogP contribution in [-0.2, 0) is 4.79 Å². The van der Waals surface area contributed by atoms with E-state index in [1.807, 2.05) is 12.2 Å². The molecule has 0 aliphatic carbocycles. The van der Waals surface area contributed by atoms with Crippen molar-refractivity contribution in [3.63, 3.8) is 0 Å². The summed E-state index contributed by atoms with van der Waals surface area (Å²) in [6, 6.07) is 0. The van der Waals surface area contributed by atoms with Crippen LogP contribution in [0.5, 0.6) is 0 Å². The normalized spacial score (nSPS) is 13.3. The number of carbonyl (C=O) groups excluding carboxylic acids is 1. The lowest BCUT2D eigenvalue weighted by molar-refractivity contribution is -0.108. The van der Waals surface area contributed by atoms with E-state index in [-0.39, 0.29) is 0 Å². The summed E-state index contributed by atoms with van der Waals surface area (Å²) >= 11 is 0. The van der Waals surface area contributed by atoms with Crippen LogP contribution < -0.4 is 0 Å². The molecule has 0 fully saturated rings. The number of carbonyl (C=O) groups is 1. The fourth-order valence-electron chi connectivity index (χ4n) is 0.668. The highest BCUT2D eigenvalue weighted by Crippen LogP contribution is 2.05. The van der Waals surface area contributed by atoms with Crippen LogP contribution in [0.1, 0.15) is 19.8 Å². The zero-order valence-electron chi connectivity index (χ0n) is 6.42. The lowest BCUT2D eigenvalue weighted by atomic mass is 10.1. The van der Waals surface area contributed by atoms with Crippen LogP contribution in [0, 0.1) is 5.92 Å². The Hall–Kier alpha value is -0.850. The third kappa shape index (κ3) is 5.29. The van der Waals surface area contributed by atoms with Gasteiger partial charge in [-0.15, -0.1) is 0 Å². The molecule has 1 nitrogen and oxygen atoms in total. The standard InChI is InChI=1S/C9H14O/c1-3-4-5-6-9(2)7-8-10/h3-5,8-9H,1,6-7H2,2H3/b5-4+/t9-/m1/s1. The van der Waals surface area contributed by atoms with Gasteiger partial charge in [-0.2, -0.15) is 0 Å². The molecule has 0 aliphatic heterocycles. The van der Waals surface area contributed by atoms with Gasteiger partial charge < -0.3 is 4.79 Å². The Bertz CT molecular complexity index is 125. The minimum absolute atomic E-state index is 0.466. The first-order chi connectivity index (χ1) is 4.81.